The predicted octanol–water partition coefficient (Wildman–Crippen LogP) is 2.03. The number of amides is 1. The first kappa shape index (κ1) is 12.1. The molecule has 86 valence electrons. The SMILES string of the molecule is C=CC(=O)N(CCC)c1ccc(O)c(O)c1. The monoisotopic (exact) mass is 221 g/mol. The maximum Gasteiger partial charge on any atom is 0.250 e. The molecule has 0 unspecified atom stereocenters. The second-order valence-electron chi connectivity index (χ2n) is 3.37. The Morgan fingerprint density at radius 1 is 1.44 bits per heavy atom. The summed E-state index contributed by atoms with van der Waals surface area (Å²) in [6, 6.07) is 4.28. The van der Waals surface area contributed by atoms with E-state index in [1.54, 1.807) is 6.07 Å². The van der Waals surface area contributed by atoms with Gasteiger partial charge in [-0.2, -0.15) is 0 Å². The van der Waals surface area contributed by atoms with Crippen molar-refractivity contribution in [1.29, 1.82) is 0 Å². The summed E-state index contributed by atoms with van der Waals surface area (Å²) in [6.07, 6.45) is 2.01. The van der Waals surface area contributed by atoms with E-state index in [0.717, 1.165) is 6.42 Å². The number of aromatic hydroxyl groups is 2. The van der Waals surface area contributed by atoms with E-state index in [1.165, 1.54) is 23.1 Å². The van der Waals surface area contributed by atoms with Crippen LogP contribution in [-0.4, -0.2) is 22.7 Å². The lowest BCUT2D eigenvalue weighted by molar-refractivity contribution is -0.114. The minimum Gasteiger partial charge on any atom is -0.504 e. The maximum atomic E-state index is 11.6. The molecule has 0 saturated carbocycles. The minimum atomic E-state index is -0.240. The highest BCUT2D eigenvalue weighted by Crippen LogP contribution is 2.29. The summed E-state index contributed by atoms with van der Waals surface area (Å²) >= 11 is 0. The zero-order valence-electron chi connectivity index (χ0n) is 9.18. The van der Waals surface area contributed by atoms with Gasteiger partial charge in [-0.1, -0.05) is 13.5 Å². The summed E-state index contributed by atoms with van der Waals surface area (Å²) < 4.78 is 0. The van der Waals surface area contributed by atoms with Crippen LogP contribution in [0.3, 0.4) is 0 Å². The van der Waals surface area contributed by atoms with Gasteiger partial charge in [0, 0.05) is 18.3 Å². The summed E-state index contributed by atoms with van der Waals surface area (Å²) in [5.41, 5.74) is 0.544. The zero-order valence-corrected chi connectivity index (χ0v) is 9.18. The Bertz CT molecular complexity index is 401. The van der Waals surface area contributed by atoms with Crippen LogP contribution in [0.25, 0.3) is 0 Å². The highest BCUT2D eigenvalue weighted by Gasteiger charge is 2.13. The number of phenolic OH excluding ortho intramolecular Hbond substituents is 2. The van der Waals surface area contributed by atoms with Crippen molar-refractivity contribution in [3.63, 3.8) is 0 Å². The van der Waals surface area contributed by atoms with Gasteiger partial charge >= 0.3 is 0 Å². The maximum absolute atomic E-state index is 11.6. The van der Waals surface area contributed by atoms with Crippen LogP contribution in [0.4, 0.5) is 5.69 Å². The summed E-state index contributed by atoms with van der Waals surface area (Å²) in [4.78, 5) is 13.1. The lowest BCUT2D eigenvalue weighted by Gasteiger charge is -2.20. The Hall–Kier alpha value is -1.97. The van der Waals surface area contributed by atoms with E-state index in [0.29, 0.717) is 12.2 Å². The second-order valence-corrected chi connectivity index (χ2v) is 3.37. The fraction of sp³-hybridized carbons (Fsp3) is 0.250. The summed E-state index contributed by atoms with van der Waals surface area (Å²) in [7, 11) is 0. The van der Waals surface area contributed by atoms with Crippen LogP contribution in [-0.2, 0) is 4.79 Å². The zero-order chi connectivity index (χ0) is 12.1. The largest absolute Gasteiger partial charge is 0.504 e. The molecule has 0 fully saturated rings. The van der Waals surface area contributed by atoms with Crippen LogP contribution >= 0.6 is 0 Å². The number of nitrogens with zero attached hydrogens (tertiary/aromatic N) is 1. The van der Waals surface area contributed by atoms with Crippen LogP contribution in [0, 0.1) is 0 Å². The van der Waals surface area contributed by atoms with Crippen LogP contribution in [0.1, 0.15) is 13.3 Å². The molecule has 1 rings (SSSR count). The lowest BCUT2D eigenvalue weighted by Crippen LogP contribution is -2.29. The van der Waals surface area contributed by atoms with E-state index in [4.69, 9.17) is 0 Å². The third kappa shape index (κ3) is 2.53. The van der Waals surface area contributed by atoms with Crippen molar-refractivity contribution >= 4 is 11.6 Å². The number of hydrogen-bond donors (Lipinski definition) is 2. The Labute approximate surface area is 94.4 Å². The molecular formula is C12H15NO3. The quantitative estimate of drug-likeness (QED) is 0.604. The van der Waals surface area contributed by atoms with Crippen molar-refractivity contribution in [2.75, 3.05) is 11.4 Å². The van der Waals surface area contributed by atoms with Crippen molar-refractivity contribution < 1.29 is 15.0 Å². The van der Waals surface area contributed by atoms with Gasteiger partial charge in [0.2, 0.25) is 5.91 Å². The standard InChI is InChI=1S/C12H15NO3/c1-3-7-13(12(16)4-2)9-5-6-10(14)11(15)8-9/h4-6,8,14-15H,2-3,7H2,1H3. The fourth-order valence-corrected chi connectivity index (χ4v) is 1.38. The first-order valence-electron chi connectivity index (χ1n) is 5.06. The van der Waals surface area contributed by atoms with Crippen LogP contribution in [0.2, 0.25) is 0 Å². The molecule has 0 aliphatic carbocycles. The van der Waals surface area contributed by atoms with Crippen molar-refractivity contribution in [2.24, 2.45) is 0 Å². The molecule has 4 heteroatoms. The molecule has 16 heavy (non-hydrogen) atoms. The first-order chi connectivity index (χ1) is 7.60. The van der Waals surface area contributed by atoms with Crippen molar-refractivity contribution in [3.05, 3.63) is 30.9 Å². The number of anilines is 1. The lowest BCUT2D eigenvalue weighted by atomic mass is 10.2. The third-order valence-corrected chi connectivity index (χ3v) is 2.16. The van der Waals surface area contributed by atoms with E-state index in [2.05, 4.69) is 6.58 Å². The van der Waals surface area contributed by atoms with Crippen LogP contribution < -0.4 is 4.90 Å². The molecule has 0 atom stereocenters. The molecule has 0 saturated heterocycles. The summed E-state index contributed by atoms with van der Waals surface area (Å²) in [5, 5.41) is 18.5. The van der Waals surface area contributed by atoms with Crippen LogP contribution in [0.5, 0.6) is 11.5 Å². The average molecular weight is 221 g/mol. The Morgan fingerprint density at radius 3 is 2.62 bits per heavy atom. The molecule has 0 aliphatic heterocycles. The van der Waals surface area contributed by atoms with Crippen molar-refractivity contribution in [1.82, 2.24) is 0 Å². The van der Waals surface area contributed by atoms with Gasteiger partial charge in [0.1, 0.15) is 0 Å². The topological polar surface area (TPSA) is 60.8 Å². The average Bonchev–Trinajstić information content (AvgIpc) is 2.29. The van der Waals surface area contributed by atoms with E-state index < -0.39 is 0 Å². The molecule has 1 aromatic rings. The minimum absolute atomic E-state index is 0.203. The van der Waals surface area contributed by atoms with Crippen LogP contribution in [0.15, 0.2) is 30.9 Å². The molecule has 0 bridgehead atoms. The number of carbonyl (C=O) groups is 1. The summed E-state index contributed by atoms with van der Waals surface area (Å²) in [5.74, 6) is -0.673. The van der Waals surface area contributed by atoms with Gasteiger partial charge in [-0.05, 0) is 24.6 Å². The van der Waals surface area contributed by atoms with Gasteiger partial charge in [-0.3, -0.25) is 4.79 Å². The smallest absolute Gasteiger partial charge is 0.250 e. The van der Waals surface area contributed by atoms with E-state index in [9.17, 15) is 15.0 Å². The van der Waals surface area contributed by atoms with Crippen molar-refractivity contribution in [3.8, 4) is 11.5 Å². The molecule has 0 heterocycles. The summed E-state index contributed by atoms with van der Waals surface area (Å²) in [6.45, 7) is 5.91. The highest BCUT2D eigenvalue weighted by atomic mass is 16.3. The molecule has 0 aliphatic rings. The molecule has 0 radical (unpaired) electrons. The number of carbonyl (C=O) groups excluding carboxylic acids is 1. The van der Waals surface area contributed by atoms with Crippen molar-refractivity contribution in [2.45, 2.75) is 13.3 Å². The normalized spacial score (nSPS) is 9.81. The number of phenols is 2. The Kier molecular flexibility index (Phi) is 3.94. The molecule has 4 nitrogen and oxygen atoms in total. The molecule has 1 aromatic carbocycles. The molecular weight excluding hydrogens is 206 g/mol. The molecule has 1 amide bonds. The highest BCUT2D eigenvalue weighted by molar-refractivity contribution is 6.01. The molecule has 0 aromatic heterocycles. The predicted molar refractivity (Wildman–Crippen MR) is 62.6 cm³/mol. The van der Waals surface area contributed by atoms with Gasteiger partial charge in [-0.25, -0.2) is 0 Å². The van der Waals surface area contributed by atoms with E-state index in [-0.39, 0.29) is 17.4 Å². The third-order valence-electron chi connectivity index (χ3n) is 2.16. The van der Waals surface area contributed by atoms with Gasteiger partial charge in [-0.15, -0.1) is 0 Å². The molecule has 0 spiro atoms. The van der Waals surface area contributed by atoms with Gasteiger partial charge in [0.05, 0.1) is 0 Å². The number of benzene rings is 1. The van der Waals surface area contributed by atoms with Gasteiger partial charge in [0.25, 0.3) is 0 Å². The second kappa shape index (κ2) is 5.21. The fourth-order valence-electron chi connectivity index (χ4n) is 1.38. The van der Waals surface area contributed by atoms with Gasteiger partial charge < -0.3 is 15.1 Å². The Balaban J connectivity index is 3.05. The van der Waals surface area contributed by atoms with E-state index >= 15 is 0 Å². The number of rotatable bonds is 4. The first-order valence-corrected chi connectivity index (χ1v) is 5.06. The number of hydrogen-bond acceptors (Lipinski definition) is 3. The molecule has 2 N–H and O–H groups in total. The van der Waals surface area contributed by atoms with E-state index in [1.807, 2.05) is 6.92 Å². The van der Waals surface area contributed by atoms with Gasteiger partial charge in [0.15, 0.2) is 11.5 Å². The Morgan fingerprint density at radius 2 is 2.12 bits per heavy atom.